The quantitative estimate of drug-likeness (QED) is 0.596. The highest BCUT2D eigenvalue weighted by molar-refractivity contribution is 5.87. The van der Waals surface area contributed by atoms with E-state index >= 15 is 0 Å². The molecule has 19 heavy (non-hydrogen) atoms. The smallest absolute Gasteiger partial charge is 0.139 e. The zero-order valence-electron chi connectivity index (χ0n) is 14.1. The summed E-state index contributed by atoms with van der Waals surface area (Å²) in [7, 11) is 0. The molecular weight excluding hydrogens is 232 g/mol. The van der Waals surface area contributed by atoms with Gasteiger partial charge in [0.15, 0.2) is 0 Å². The highest BCUT2D eigenvalue weighted by Gasteiger charge is 2.62. The molecule has 1 saturated carbocycles. The van der Waals surface area contributed by atoms with Crippen LogP contribution in [0.5, 0.6) is 0 Å². The number of Topliss-reactive ketones (excluding diaryl/α,β-unsaturated/α-hetero) is 1. The molecule has 1 aliphatic rings. The van der Waals surface area contributed by atoms with E-state index in [0.29, 0.717) is 11.2 Å². The fraction of sp³-hybridized carbons (Fsp3) is 0.944. The number of hydrogen-bond donors (Lipinski definition) is 0. The van der Waals surface area contributed by atoms with Crippen molar-refractivity contribution in [1.82, 2.24) is 0 Å². The molecule has 0 bridgehead atoms. The van der Waals surface area contributed by atoms with Gasteiger partial charge in [-0.1, -0.05) is 41.5 Å². The maximum absolute atomic E-state index is 12.8. The van der Waals surface area contributed by atoms with Crippen LogP contribution in [0.2, 0.25) is 0 Å². The molecule has 0 spiro atoms. The largest absolute Gasteiger partial charge is 0.299 e. The molecule has 112 valence electrons. The van der Waals surface area contributed by atoms with Gasteiger partial charge in [-0.05, 0) is 55.8 Å². The molecule has 0 amide bonds. The summed E-state index contributed by atoms with van der Waals surface area (Å²) in [5, 5.41) is 0. The first-order valence-corrected chi connectivity index (χ1v) is 8.53. The van der Waals surface area contributed by atoms with Crippen molar-refractivity contribution in [2.75, 3.05) is 0 Å². The lowest BCUT2D eigenvalue weighted by Crippen LogP contribution is -2.59. The molecule has 0 saturated heterocycles. The minimum atomic E-state index is -0.0687. The lowest BCUT2D eigenvalue weighted by Gasteiger charge is -2.63. The van der Waals surface area contributed by atoms with E-state index in [0.717, 1.165) is 38.5 Å². The van der Waals surface area contributed by atoms with Gasteiger partial charge >= 0.3 is 0 Å². The monoisotopic (exact) mass is 266 g/mol. The Balaban J connectivity index is 3.53. The fourth-order valence-corrected chi connectivity index (χ4v) is 5.88. The first kappa shape index (κ1) is 16.7. The Morgan fingerprint density at radius 3 is 1.58 bits per heavy atom. The van der Waals surface area contributed by atoms with Gasteiger partial charge in [-0.3, -0.25) is 4.79 Å². The van der Waals surface area contributed by atoms with Crippen molar-refractivity contribution >= 4 is 5.78 Å². The first-order chi connectivity index (χ1) is 8.99. The highest BCUT2D eigenvalue weighted by atomic mass is 16.1. The van der Waals surface area contributed by atoms with Crippen LogP contribution in [-0.4, -0.2) is 5.78 Å². The third-order valence-corrected chi connectivity index (χ3v) is 7.06. The third-order valence-electron chi connectivity index (χ3n) is 7.06. The summed E-state index contributed by atoms with van der Waals surface area (Å²) in [6.45, 7) is 13.8. The standard InChI is InChI=1S/C18H34O/c1-7-16(8-2)14-13-15(19)17(9-3,10-4)18(16,11-5)12-6/h7-14H2,1-6H3. The molecular formula is C18H34O. The molecule has 1 rings (SSSR count). The van der Waals surface area contributed by atoms with Crippen molar-refractivity contribution in [1.29, 1.82) is 0 Å². The maximum Gasteiger partial charge on any atom is 0.139 e. The summed E-state index contributed by atoms with van der Waals surface area (Å²) in [4.78, 5) is 12.8. The molecule has 0 aliphatic heterocycles. The number of carbonyl (C=O) groups is 1. The fourth-order valence-electron chi connectivity index (χ4n) is 5.88. The number of ketones is 1. The molecule has 0 radical (unpaired) electrons. The highest BCUT2D eigenvalue weighted by Crippen LogP contribution is 2.67. The van der Waals surface area contributed by atoms with E-state index < -0.39 is 0 Å². The van der Waals surface area contributed by atoms with Crippen molar-refractivity contribution in [2.24, 2.45) is 16.2 Å². The Morgan fingerprint density at radius 2 is 1.26 bits per heavy atom. The van der Waals surface area contributed by atoms with E-state index in [9.17, 15) is 4.79 Å². The second-order valence-corrected chi connectivity index (χ2v) is 6.49. The molecule has 0 atom stereocenters. The molecule has 0 aromatic heterocycles. The summed E-state index contributed by atoms with van der Waals surface area (Å²) >= 11 is 0. The number of rotatable bonds is 6. The minimum absolute atomic E-state index is 0.0687. The van der Waals surface area contributed by atoms with Gasteiger partial charge in [0.25, 0.3) is 0 Å². The molecule has 1 fully saturated rings. The predicted molar refractivity (Wildman–Crippen MR) is 83.3 cm³/mol. The Hall–Kier alpha value is -0.330. The van der Waals surface area contributed by atoms with Gasteiger partial charge in [0.05, 0.1) is 0 Å². The summed E-state index contributed by atoms with van der Waals surface area (Å²) in [5.41, 5.74) is 0.513. The van der Waals surface area contributed by atoms with Crippen LogP contribution in [0.3, 0.4) is 0 Å². The van der Waals surface area contributed by atoms with Crippen LogP contribution in [0.25, 0.3) is 0 Å². The molecule has 1 heteroatoms. The van der Waals surface area contributed by atoms with Gasteiger partial charge in [-0.15, -0.1) is 0 Å². The SMILES string of the molecule is CCC1(CC)CCC(=O)C(CC)(CC)C1(CC)CC. The molecule has 0 unspecified atom stereocenters. The summed E-state index contributed by atoms with van der Waals surface area (Å²) in [6, 6.07) is 0. The average molecular weight is 266 g/mol. The van der Waals surface area contributed by atoms with E-state index in [1.807, 2.05) is 0 Å². The van der Waals surface area contributed by atoms with Crippen molar-refractivity contribution < 1.29 is 4.79 Å². The third kappa shape index (κ3) is 1.91. The molecule has 1 nitrogen and oxygen atoms in total. The zero-order chi connectivity index (χ0) is 14.7. The number of carbonyl (C=O) groups excluding carboxylic acids is 1. The van der Waals surface area contributed by atoms with Crippen molar-refractivity contribution in [3.63, 3.8) is 0 Å². The first-order valence-electron chi connectivity index (χ1n) is 8.53. The van der Waals surface area contributed by atoms with Gasteiger partial charge in [0.1, 0.15) is 5.78 Å². The van der Waals surface area contributed by atoms with Crippen LogP contribution in [0.1, 0.15) is 92.9 Å². The van der Waals surface area contributed by atoms with Crippen molar-refractivity contribution in [3.05, 3.63) is 0 Å². The molecule has 0 N–H and O–H groups in total. The Labute approximate surface area is 120 Å². The van der Waals surface area contributed by atoms with E-state index in [1.165, 1.54) is 12.8 Å². The van der Waals surface area contributed by atoms with E-state index in [2.05, 4.69) is 41.5 Å². The molecule has 1 aliphatic carbocycles. The summed E-state index contributed by atoms with van der Waals surface area (Å²) in [6.07, 6.45) is 8.71. The van der Waals surface area contributed by atoms with Crippen LogP contribution in [-0.2, 0) is 4.79 Å². The van der Waals surface area contributed by atoms with Crippen LogP contribution in [0.4, 0.5) is 0 Å². The zero-order valence-corrected chi connectivity index (χ0v) is 14.1. The summed E-state index contributed by atoms with van der Waals surface area (Å²) in [5.74, 6) is 0.554. The lowest BCUT2D eigenvalue weighted by atomic mass is 9.40. The van der Waals surface area contributed by atoms with Crippen LogP contribution in [0.15, 0.2) is 0 Å². The number of hydrogen-bond acceptors (Lipinski definition) is 1. The van der Waals surface area contributed by atoms with Gasteiger partial charge in [0, 0.05) is 11.8 Å². The van der Waals surface area contributed by atoms with Gasteiger partial charge < -0.3 is 0 Å². The maximum atomic E-state index is 12.8. The topological polar surface area (TPSA) is 17.1 Å². The van der Waals surface area contributed by atoms with E-state index in [-0.39, 0.29) is 10.8 Å². The predicted octanol–water partition coefficient (Wildman–Crippen LogP) is 5.77. The second kappa shape index (κ2) is 5.97. The molecule has 0 heterocycles. The van der Waals surface area contributed by atoms with Gasteiger partial charge in [-0.2, -0.15) is 0 Å². The van der Waals surface area contributed by atoms with Crippen LogP contribution >= 0.6 is 0 Å². The van der Waals surface area contributed by atoms with Gasteiger partial charge in [0.2, 0.25) is 0 Å². The van der Waals surface area contributed by atoms with Crippen LogP contribution < -0.4 is 0 Å². The van der Waals surface area contributed by atoms with E-state index in [4.69, 9.17) is 0 Å². The van der Waals surface area contributed by atoms with Crippen molar-refractivity contribution in [2.45, 2.75) is 92.9 Å². The van der Waals surface area contributed by atoms with Gasteiger partial charge in [-0.25, -0.2) is 0 Å². The Kier molecular flexibility index (Phi) is 5.26. The normalized spacial score (nSPS) is 24.4. The molecule has 0 aromatic carbocycles. The average Bonchev–Trinajstić information content (AvgIpc) is 2.47. The Morgan fingerprint density at radius 1 is 0.789 bits per heavy atom. The summed E-state index contributed by atoms with van der Waals surface area (Å²) < 4.78 is 0. The van der Waals surface area contributed by atoms with E-state index in [1.54, 1.807) is 0 Å². The lowest BCUT2D eigenvalue weighted by molar-refractivity contribution is -0.172. The Bertz CT molecular complexity index is 304. The second-order valence-electron chi connectivity index (χ2n) is 6.49. The minimum Gasteiger partial charge on any atom is -0.299 e. The molecule has 0 aromatic rings. The van der Waals surface area contributed by atoms with Crippen LogP contribution in [0, 0.1) is 16.2 Å². The van der Waals surface area contributed by atoms with Crippen molar-refractivity contribution in [3.8, 4) is 0 Å².